The molecule has 0 bridgehead atoms. The van der Waals surface area contributed by atoms with Gasteiger partial charge >= 0.3 is 5.97 Å². The van der Waals surface area contributed by atoms with Gasteiger partial charge in [0.1, 0.15) is 0 Å². The summed E-state index contributed by atoms with van der Waals surface area (Å²) in [4.78, 5) is 12.2. The van der Waals surface area contributed by atoms with Gasteiger partial charge in [-0.15, -0.1) is 0 Å². The Morgan fingerprint density at radius 1 is 1.53 bits per heavy atom. The normalized spacial score (nSPS) is 25.4. The maximum absolute atomic E-state index is 12.2. The second-order valence-electron chi connectivity index (χ2n) is 5.29. The molecule has 1 saturated carbocycles. The summed E-state index contributed by atoms with van der Waals surface area (Å²) < 4.78 is 6.04. The molecule has 1 aromatic carbocycles. The summed E-state index contributed by atoms with van der Waals surface area (Å²) in [5.74, 6) is 0.387. The first kappa shape index (κ1) is 12.9. The number of carbonyl (C=O) groups excluding carboxylic acids is 1. The van der Waals surface area contributed by atoms with Gasteiger partial charge in [0.2, 0.25) is 0 Å². The van der Waals surface area contributed by atoms with Crippen LogP contribution in [-0.4, -0.2) is 18.7 Å². The molecular formula is C14H17BrN2O2. The molecule has 4 nitrogen and oxygen atoms in total. The molecule has 1 fully saturated rings. The van der Waals surface area contributed by atoms with Crippen LogP contribution >= 0.6 is 15.9 Å². The fourth-order valence-electron chi connectivity index (χ4n) is 2.63. The highest BCUT2D eigenvalue weighted by Crippen LogP contribution is 2.40. The summed E-state index contributed by atoms with van der Waals surface area (Å²) in [5, 5.41) is 6.69. The van der Waals surface area contributed by atoms with Crippen molar-refractivity contribution in [3.05, 3.63) is 28.2 Å². The first-order chi connectivity index (χ1) is 9.14. The molecule has 0 spiro atoms. The summed E-state index contributed by atoms with van der Waals surface area (Å²) in [6.45, 7) is 0.658. The molecule has 0 amide bonds. The zero-order valence-corrected chi connectivity index (χ0v) is 12.4. The van der Waals surface area contributed by atoms with Crippen molar-refractivity contribution in [2.24, 2.45) is 5.92 Å². The Hall–Kier alpha value is -1.07. The third-order valence-electron chi connectivity index (χ3n) is 3.86. The smallest absolute Gasteiger partial charge is 0.346 e. The maximum Gasteiger partial charge on any atom is 0.346 e. The molecule has 3 rings (SSSR count). The molecule has 0 aromatic heterocycles. The minimum Gasteiger partial charge on any atom is -0.466 e. The van der Waals surface area contributed by atoms with Crippen LogP contribution < -0.4 is 10.6 Å². The van der Waals surface area contributed by atoms with Gasteiger partial charge in [0.05, 0.1) is 7.11 Å². The highest BCUT2D eigenvalue weighted by Gasteiger charge is 2.46. The van der Waals surface area contributed by atoms with Crippen molar-refractivity contribution in [3.63, 3.8) is 0 Å². The Morgan fingerprint density at radius 2 is 2.32 bits per heavy atom. The number of fused-ring (bicyclic) bond motifs is 1. The summed E-state index contributed by atoms with van der Waals surface area (Å²) in [7, 11) is 1.44. The Balaban J connectivity index is 1.92. The van der Waals surface area contributed by atoms with E-state index in [1.165, 1.54) is 20.0 Å². The monoisotopic (exact) mass is 324 g/mol. The van der Waals surface area contributed by atoms with Crippen molar-refractivity contribution in [3.8, 4) is 0 Å². The van der Waals surface area contributed by atoms with Crippen molar-refractivity contribution in [1.82, 2.24) is 5.32 Å². The topological polar surface area (TPSA) is 50.4 Å². The molecule has 1 heterocycles. The Morgan fingerprint density at radius 3 is 3.00 bits per heavy atom. The van der Waals surface area contributed by atoms with Gasteiger partial charge in [0, 0.05) is 22.3 Å². The highest BCUT2D eigenvalue weighted by atomic mass is 79.9. The van der Waals surface area contributed by atoms with Gasteiger partial charge < -0.3 is 10.1 Å². The summed E-state index contributed by atoms with van der Waals surface area (Å²) in [6, 6.07) is 5.99. The van der Waals surface area contributed by atoms with Crippen molar-refractivity contribution in [2.45, 2.75) is 31.5 Å². The fourth-order valence-corrected chi connectivity index (χ4v) is 3.13. The number of rotatable bonds is 3. The Kier molecular flexibility index (Phi) is 3.27. The van der Waals surface area contributed by atoms with E-state index in [9.17, 15) is 4.79 Å². The lowest BCUT2D eigenvalue weighted by atomic mass is 9.97. The molecular weight excluding hydrogens is 308 g/mol. The van der Waals surface area contributed by atoms with Crippen LogP contribution in [0.25, 0.3) is 0 Å². The number of ether oxygens (including phenoxy) is 1. The number of esters is 1. The molecule has 2 N–H and O–H groups in total. The molecule has 1 aliphatic heterocycles. The lowest BCUT2D eigenvalue weighted by Crippen LogP contribution is -2.60. The average Bonchev–Trinajstić information content (AvgIpc) is 3.21. The van der Waals surface area contributed by atoms with E-state index in [0.29, 0.717) is 12.5 Å². The summed E-state index contributed by atoms with van der Waals surface area (Å²) in [5.41, 5.74) is 1.38. The lowest BCUT2D eigenvalue weighted by Gasteiger charge is -2.39. The first-order valence-corrected chi connectivity index (χ1v) is 7.33. The Labute approximate surface area is 121 Å². The molecule has 5 heteroatoms. The number of nitrogens with one attached hydrogen (secondary N) is 2. The van der Waals surface area contributed by atoms with Crippen LogP contribution in [0, 0.1) is 5.92 Å². The fraction of sp³-hybridized carbons (Fsp3) is 0.500. The molecule has 0 radical (unpaired) electrons. The number of hydrogen-bond acceptors (Lipinski definition) is 4. The van der Waals surface area contributed by atoms with Crippen LogP contribution in [0.4, 0.5) is 5.69 Å². The molecule has 2 aliphatic rings. The van der Waals surface area contributed by atoms with Gasteiger partial charge in [0.25, 0.3) is 0 Å². The van der Waals surface area contributed by atoms with Crippen LogP contribution in [0.3, 0.4) is 0 Å². The van der Waals surface area contributed by atoms with E-state index in [1.54, 1.807) is 0 Å². The van der Waals surface area contributed by atoms with E-state index in [0.717, 1.165) is 22.1 Å². The second-order valence-corrected chi connectivity index (χ2v) is 6.14. The number of hydrogen-bond donors (Lipinski definition) is 2. The lowest BCUT2D eigenvalue weighted by molar-refractivity contribution is -0.148. The van der Waals surface area contributed by atoms with E-state index < -0.39 is 5.66 Å². The van der Waals surface area contributed by atoms with Crippen LogP contribution in [0.15, 0.2) is 22.7 Å². The van der Waals surface area contributed by atoms with Crippen molar-refractivity contribution >= 4 is 27.6 Å². The molecule has 1 unspecified atom stereocenters. The van der Waals surface area contributed by atoms with E-state index in [1.807, 2.05) is 18.2 Å². The zero-order valence-electron chi connectivity index (χ0n) is 10.8. The summed E-state index contributed by atoms with van der Waals surface area (Å²) >= 11 is 3.54. The number of carbonyl (C=O) groups is 1. The van der Waals surface area contributed by atoms with Gasteiger partial charge in [0.15, 0.2) is 5.66 Å². The largest absolute Gasteiger partial charge is 0.466 e. The minimum atomic E-state index is -0.774. The molecule has 19 heavy (non-hydrogen) atoms. The third-order valence-corrected chi connectivity index (χ3v) is 4.60. The zero-order chi connectivity index (χ0) is 13.5. The molecule has 102 valence electrons. The van der Waals surface area contributed by atoms with Gasteiger partial charge in [-0.3, -0.25) is 5.32 Å². The quantitative estimate of drug-likeness (QED) is 0.839. The number of benzene rings is 1. The van der Waals surface area contributed by atoms with E-state index in [4.69, 9.17) is 4.74 Å². The van der Waals surface area contributed by atoms with Crippen LogP contribution in [0.1, 0.15) is 24.8 Å². The van der Waals surface area contributed by atoms with Gasteiger partial charge in [-0.05, 0) is 24.5 Å². The molecule has 0 saturated heterocycles. The first-order valence-electron chi connectivity index (χ1n) is 6.53. The van der Waals surface area contributed by atoms with Crippen LogP contribution in [0.2, 0.25) is 0 Å². The van der Waals surface area contributed by atoms with E-state index in [-0.39, 0.29) is 5.97 Å². The number of methoxy groups -OCH3 is 1. The molecule has 1 aliphatic carbocycles. The van der Waals surface area contributed by atoms with Crippen molar-refractivity contribution < 1.29 is 9.53 Å². The minimum absolute atomic E-state index is 0.231. The molecule has 1 aromatic rings. The van der Waals surface area contributed by atoms with Crippen LogP contribution in [-0.2, 0) is 16.1 Å². The average molecular weight is 325 g/mol. The highest BCUT2D eigenvalue weighted by molar-refractivity contribution is 9.10. The van der Waals surface area contributed by atoms with E-state index >= 15 is 0 Å². The van der Waals surface area contributed by atoms with Gasteiger partial charge in [-0.2, -0.15) is 0 Å². The van der Waals surface area contributed by atoms with Crippen molar-refractivity contribution in [2.75, 3.05) is 12.4 Å². The third kappa shape index (κ3) is 2.37. The maximum atomic E-state index is 12.2. The second kappa shape index (κ2) is 4.80. The predicted molar refractivity (Wildman–Crippen MR) is 76.7 cm³/mol. The van der Waals surface area contributed by atoms with Gasteiger partial charge in [-0.1, -0.05) is 34.8 Å². The van der Waals surface area contributed by atoms with Crippen molar-refractivity contribution in [1.29, 1.82) is 0 Å². The SMILES string of the molecule is COC(=O)C1(CC2CC2)NCc2c(Br)cccc2N1. The molecule has 1 atom stereocenters. The number of anilines is 1. The predicted octanol–water partition coefficient (Wildman–Crippen LogP) is 2.63. The van der Waals surface area contributed by atoms with Crippen LogP contribution in [0.5, 0.6) is 0 Å². The Bertz CT molecular complexity index is 516. The number of halogens is 1. The van der Waals surface area contributed by atoms with Gasteiger partial charge in [-0.25, -0.2) is 4.79 Å². The standard InChI is InChI=1S/C14H17BrN2O2/c1-19-13(18)14(7-9-5-6-9)16-8-10-11(15)3-2-4-12(10)17-14/h2-4,9,16-17H,5-8H2,1H3. The summed E-state index contributed by atoms with van der Waals surface area (Å²) in [6.07, 6.45) is 3.19. The van der Waals surface area contributed by atoms with E-state index in [2.05, 4.69) is 26.6 Å².